The molecule has 0 unspecified atom stereocenters. The highest BCUT2D eigenvalue weighted by molar-refractivity contribution is 6.35. The molecule has 1 fully saturated rings. The Hall–Kier alpha value is -1.78. The van der Waals surface area contributed by atoms with E-state index in [1.165, 1.54) is 0 Å². The normalized spacial score (nSPS) is 16.1. The Labute approximate surface area is 147 Å². The second-order valence-electron chi connectivity index (χ2n) is 6.67. The van der Waals surface area contributed by atoms with E-state index < -0.39 is 0 Å². The standard InChI is InChI=1S/C19H23ClN2O2/c1-13(2)19(24)22-9-7-21(8-10-22)12-14-11-17(20)15-5-3-4-6-16(15)18(14)23/h3-6,11,13,23H,7-10,12H2,1-2H3. The number of aromatic hydroxyl groups is 1. The van der Waals surface area contributed by atoms with Crippen molar-refractivity contribution in [3.63, 3.8) is 0 Å². The van der Waals surface area contributed by atoms with Gasteiger partial charge in [0, 0.05) is 60.0 Å². The van der Waals surface area contributed by atoms with Gasteiger partial charge in [-0.15, -0.1) is 0 Å². The molecule has 1 saturated heterocycles. The van der Waals surface area contributed by atoms with Gasteiger partial charge >= 0.3 is 0 Å². The molecule has 0 spiro atoms. The van der Waals surface area contributed by atoms with Crippen LogP contribution in [0.15, 0.2) is 30.3 Å². The Bertz CT molecular complexity index is 752. The van der Waals surface area contributed by atoms with E-state index in [4.69, 9.17) is 11.6 Å². The number of amides is 1. The molecule has 0 aliphatic carbocycles. The van der Waals surface area contributed by atoms with Crippen LogP contribution in [0.4, 0.5) is 0 Å². The summed E-state index contributed by atoms with van der Waals surface area (Å²) < 4.78 is 0. The van der Waals surface area contributed by atoms with Gasteiger partial charge in [0.25, 0.3) is 0 Å². The monoisotopic (exact) mass is 346 g/mol. The Balaban J connectivity index is 1.73. The van der Waals surface area contributed by atoms with Gasteiger partial charge in [-0.1, -0.05) is 49.7 Å². The molecule has 4 nitrogen and oxygen atoms in total. The summed E-state index contributed by atoms with van der Waals surface area (Å²) in [5, 5.41) is 12.9. The van der Waals surface area contributed by atoms with Crippen molar-refractivity contribution in [3.8, 4) is 5.75 Å². The zero-order chi connectivity index (χ0) is 17.3. The second-order valence-corrected chi connectivity index (χ2v) is 7.08. The average Bonchev–Trinajstić information content (AvgIpc) is 2.59. The minimum Gasteiger partial charge on any atom is -0.507 e. The highest BCUT2D eigenvalue weighted by Gasteiger charge is 2.23. The maximum Gasteiger partial charge on any atom is 0.225 e. The first kappa shape index (κ1) is 17.1. The molecule has 24 heavy (non-hydrogen) atoms. The predicted molar refractivity (Wildman–Crippen MR) is 97.3 cm³/mol. The van der Waals surface area contributed by atoms with Crippen LogP contribution in [0.1, 0.15) is 19.4 Å². The van der Waals surface area contributed by atoms with Gasteiger partial charge in [-0.05, 0) is 6.07 Å². The molecule has 1 aliphatic heterocycles. The topological polar surface area (TPSA) is 43.8 Å². The first-order valence-corrected chi connectivity index (χ1v) is 8.75. The number of piperazine rings is 1. The number of hydrogen-bond donors (Lipinski definition) is 1. The summed E-state index contributed by atoms with van der Waals surface area (Å²) in [4.78, 5) is 16.2. The van der Waals surface area contributed by atoms with E-state index in [1.54, 1.807) is 0 Å². The van der Waals surface area contributed by atoms with E-state index in [-0.39, 0.29) is 11.8 Å². The third-order valence-corrected chi connectivity index (χ3v) is 4.93. The number of benzene rings is 2. The van der Waals surface area contributed by atoms with Crippen LogP contribution in [0.25, 0.3) is 10.8 Å². The number of carbonyl (C=O) groups is 1. The molecule has 0 radical (unpaired) electrons. The van der Waals surface area contributed by atoms with Crippen LogP contribution in [0.3, 0.4) is 0 Å². The van der Waals surface area contributed by atoms with Gasteiger partial charge in [-0.25, -0.2) is 0 Å². The summed E-state index contributed by atoms with van der Waals surface area (Å²) in [6, 6.07) is 9.47. The maximum absolute atomic E-state index is 12.1. The van der Waals surface area contributed by atoms with Crippen molar-refractivity contribution in [1.29, 1.82) is 0 Å². The Kier molecular flexibility index (Phi) is 4.97. The first-order valence-electron chi connectivity index (χ1n) is 8.37. The SMILES string of the molecule is CC(C)C(=O)N1CCN(Cc2cc(Cl)c3ccccc3c2O)CC1. The summed E-state index contributed by atoms with van der Waals surface area (Å²) in [5.74, 6) is 0.557. The molecule has 3 rings (SSSR count). The Morgan fingerprint density at radius 2 is 1.79 bits per heavy atom. The van der Waals surface area contributed by atoms with Crippen LogP contribution in [-0.4, -0.2) is 47.0 Å². The molecule has 1 aliphatic rings. The molecule has 2 aromatic carbocycles. The number of halogens is 1. The summed E-state index contributed by atoms with van der Waals surface area (Å²) in [5.41, 5.74) is 0.835. The lowest BCUT2D eigenvalue weighted by molar-refractivity contribution is -0.136. The number of phenols is 1. The molecule has 0 bridgehead atoms. The molecule has 0 atom stereocenters. The minimum atomic E-state index is 0.0416. The smallest absolute Gasteiger partial charge is 0.225 e. The molecular weight excluding hydrogens is 324 g/mol. The van der Waals surface area contributed by atoms with Crippen LogP contribution in [0, 0.1) is 5.92 Å². The molecule has 1 N–H and O–H groups in total. The van der Waals surface area contributed by atoms with Gasteiger partial charge < -0.3 is 10.0 Å². The fraction of sp³-hybridized carbons (Fsp3) is 0.421. The van der Waals surface area contributed by atoms with Crippen LogP contribution in [0.2, 0.25) is 5.02 Å². The molecule has 0 aromatic heterocycles. The average molecular weight is 347 g/mol. The third-order valence-electron chi connectivity index (χ3n) is 4.62. The lowest BCUT2D eigenvalue weighted by atomic mass is 10.0. The van der Waals surface area contributed by atoms with Crippen molar-refractivity contribution >= 4 is 28.3 Å². The van der Waals surface area contributed by atoms with Crippen molar-refractivity contribution in [2.45, 2.75) is 20.4 Å². The minimum absolute atomic E-state index is 0.0416. The largest absolute Gasteiger partial charge is 0.507 e. The molecule has 1 heterocycles. The molecule has 2 aromatic rings. The van der Waals surface area contributed by atoms with Gasteiger partial charge in [0.05, 0.1) is 0 Å². The van der Waals surface area contributed by atoms with E-state index >= 15 is 0 Å². The van der Waals surface area contributed by atoms with Gasteiger partial charge in [0.15, 0.2) is 0 Å². The number of hydrogen-bond acceptors (Lipinski definition) is 3. The molecule has 5 heteroatoms. The van der Waals surface area contributed by atoms with Gasteiger partial charge in [0.2, 0.25) is 5.91 Å². The van der Waals surface area contributed by atoms with E-state index in [0.717, 1.165) is 42.5 Å². The lowest BCUT2D eigenvalue weighted by Gasteiger charge is -2.35. The van der Waals surface area contributed by atoms with Crippen LogP contribution >= 0.6 is 11.6 Å². The van der Waals surface area contributed by atoms with Crippen molar-refractivity contribution in [2.24, 2.45) is 5.92 Å². The van der Waals surface area contributed by atoms with Crippen molar-refractivity contribution in [1.82, 2.24) is 9.80 Å². The molecule has 1 amide bonds. The quantitative estimate of drug-likeness (QED) is 0.925. The summed E-state index contributed by atoms with van der Waals surface area (Å²) in [6.45, 7) is 7.59. The van der Waals surface area contributed by atoms with Crippen molar-refractivity contribution in [3.05, 3.63) is 40.9 Å². The first-order chi connectivity index (χ1) is 11.5. The summed E-state index contributed by atoms with van der Waals surface area (Å²) in [7, 11) is 0. The van der Waals surface area contributed by atoms with E-state index in [9.17, 15) is 9.90 Å². The van der Waals surface area contributed by atoms with Gasteiger partial charge in [-0.2, -0.15) is 0 Å². The zero-order valence-electron chi connectivity index (χ0n) is 14.1. The van der Waals surface area contributed by atoms with Crippen LogP contribution in [-0.2, 0) is 11.3 Å². The van der Waals surface area contributed by atoms with Gasteiger partial charge in [-0.3, -0.25) is 9.69 Å². The van der Waals surface area contributed by atoms with E-state index in [1.807, 2.05) is 49.1 Å². The molecule has 128 valence electrons. The van der Waals surface area contributed by atoms with Crippen molar-refractivity contribution in [2.75, 3.05) is 26.2 Å². The summed E-state index contributed by atoms with van der Waals surface area (Å²) in [6.07, 6.45) is 0. The number of phenolic OH excluding ortho intramolecular Hbond substituents is 1. The van der Waals surface area contributed by atoms with Crippen LogP contribution < -0.4 is 0 Å². The van der Waals surface area contributed by atoms with Gasteiger partial charge in [0.1, 0.15) is 5.75 Å². The highest BCUT2D eigenvalue weighted by Crippen LogP contribution is 2.35. The number of rotatable bonds is 3. The highest BCUT2D eigenvalue weighted by atomic mass is 35.5. The number of nitrogens with zero attached hydrogens (tertiary/aromatic N) is 2. The maximum atomic E-state index is 12.1. The fourth-order valence-corrected chi connectivity index (χ4v) is 3.52. The van der Waals surface area contributed by atoms with E-state index in [0.29, 0.717) is 17.3 Å². The van der Waals surface area contributed by atoms with E-state index in [2.05, 4.69) is 4.90 Å². The van der Waals surface area contributed by atoms with Crippen molar-refractivity contribution < 1.29 is 9.90 Å². The molecular formula is C19H23ClN2O2. The number of fused-ring (bicyclic) bond motifs is 1. The Morgan fingerprint density at radius 3 is 2.42 bits per heavy atom. The van der Waals surface area contributed by atoms with Crippen LogP contribution in [0.5, 0.6) is 5.75 Å². The lowest BCUT2D eigenvalue weighted by Crippen LogP contribution is -2.49. The summed E-state index contributed by atoms with van der Waals surface area (Å²) >= 11 is 6.37. The zero-order valence-corrected chi connectivity index (χ0v) is 14.9. The predicted octanol–water partition coefficient (Wildman–Crippen LogP) is 3.50. The molecule has 0 saturated carbocycles. The number of carbonyl (C=O) groups excluding carboxylic acids is 1. The second kappa shape index (κ2) is 6.99. The Morgan fingerprint density at radius 1 is 1.17 bits per heavy atom. The third kappa shape index (κ3) is 3.35. The fourth-order valence-electron chi connectivity index (χ4n) is 3.22.